The summed E-state index contributed by atoms with van der Waals surface area (Å²) in [7, 11) is 0. The van der Waals surface area contributed by atoms with Crippen LogP contribution in [0.5, 0.6) is 0 Å². The first-order valence-electron chi connectivity index (χ1n) is 6.51. The Bertz CT molecular complexity index is 198. The van der Waals surface area contributed by atoms with Crippen LogP contribution in [0.1, 0.15) is 53.4 Å². The van der Waals surface area contributed by atoms with Crippen molar-refractivity contribution < 1.29 is 0 Å². The second-order valence-electron chi connectivity index (χ2n) is 5.31. The molecule has 1 aliphatic heterocycles. The molecule has 1 rings (SSSR count). The lowest BCUT2D eigenvalue weighted by Crippen LogP contribution is -2.31. The number of nitrogens with zero attached hydrogens (tertiary/aromatic N) is 1. The van der Waals surface area contributed by atoms with Gasteiger partial charge in [-0.25, -0.2) is 0 Å². The Morgan fingerprint density at radius 2 is 2.13 bits per heavy atom. The normalized spacial score (nSPS) is 31.3. The largest absolute Gasteiger partial charge is 0.372 e. The molecule has 0 spiro atoms. The fraction of sp³-hybridized carbons (Fsp3) is 0.857. The van der Waals surface area contributed by atoms with Crippen molar-refractivity contribution in [2.75, 3.05) is 0 Å². The average molecular weight is 209 g/mol. The van der Waals surface area contributed by atoms with E-state index >= 15 is 0 Å². The molecule has 1 fully saturated rings. The molecule has 0 aliphatic carbocycles. The summed E-state index contributed by atoms with van der Waals surface area (Å²) < 4.78 is 0. The van der Waals surface area contributed by atoms with Crippen LogP contribution in [-0.4, -0.2) is 17.0 Å². The fourth-order valence-electron chi connectivity index (χ4n) is 3.04. The van der Waals surface area contributed by atoms with Crippen molar-refractivity contribution in [3.8, 4) is 0 Å². The number of likely N-dealkylation sites (tertiary alicyclic amines) is 1. The molecule has 1 saturated heterocycles. The maximum Gasteiger partial charge on any atom is 0.0290 e. The molecule has 1 heteroatoms. The third-order valence-electron chi connectivity index (χ3n) is 4.01. The smallest absolute Gasteiger partial charge is 0.0290 e. The molecular weight excluding hydrogens is 182 g/mol. The van der Waals surface area contributed by atoms with Crippen LogP contribution in [0.25, 0.3) is 0 Å². The van der Waals surface area contributed by atoms with Crippen LogP contribution in [0.15, 0.2) is 12.8 Å². The zero-order valence-corrected chi connectivity index (χ0v) is 10.9. The van der Waals surface area contributed by atoms with Crippen LogP contribution >= 0.6 is 0 Å². The highest BCUT2D eigenvalue weighted by atomic mass is 15.2. The van der Waals surface area contributed by atoms with Crippen LogP contribution in [0, 0.1) is 11.8 Å². The molecule has 0 aromatic carbocycles. The lowest BCUT2D eigenvalue weighted by atomic mass is 9.88. The molecule has 0 N–H and O–H groups in total. The molecule has 1 aliphatic rings. The molecular formula is C14H27N. The second-order valence-corrected chi connectivity index (χ2v) is 5.31. The van der Waals surface area contributed by atoms with Crippen LogP contribution in [0.4, 0.5) is 0 Å². The Hall–Kier alpha value is -0.460. The highest BCUT2D eigenvalue weighted by Crippen LogP contribution is 2.36. The summed E-state index contributed by atoms with van der Waals surface area (Å²) in [6, 6.07) is 1.44. The molecule has 0 radical (unpaired) electrons. The van der Waals surface area contributed by atoms with E-state index in [4.69, 9.17) is 0 Å². The first-order valence-corrected chi connectivity index (χ1v) is 6.51. The van der Waals surface area contributed by atoms with Gasteiger partial charge in [-0.2, -0.15) is 0 Å². The van der Waals surface area contributed by atoms with E-state index in [2.05, 4.69) is 45.4 Å². The number of rotatable bonds is 5. The van der Waals surface area contributed by atoms with Gasteiger partial charge in [0.2, 0.25) is 0 Å². The molecule has 0 aromatic rings. The van der Waals surface area contributed by atoms with Gasteiger partial charge in [-0.15, -0.1) is 0 Å². The third-order valence-corrected chi connectivity index (χ3v) is 4.01. The van der Waals surface area contributed by atoms with Crippen LogP contribution in [0.2, 0.25) is 0 Å². The van der Waals surface area contributed by atoms with Crippen LogP contribution in [-0.2, 0) is 0 Å². The van der Waals surface area contributed by atoms with E-state index in [0.29, 0.717) is 6.04 Å². The molecule has 1 heterocycles. The van der Waals surface area contributed by atoms with Gasteiger partial charge < -0.3 is 4.90 Å². The molecule has 88 valence electrons. The Morgan fingerprint density at radius 1 is 1.47 bits per heavy atom. The number of hydrogen-bond donors (Lipinski definition) is 0. The zero-order valence-electron chi connectivity index (χ0n) is 10.9. The highest BCUT2D eigenvalue weighted by molar-refractivity contribution is 4.96. The van der Waals surface area contributed by atoms with Gasteiger partial charge in [-0.1, -0.05) is 40.2 Å². The van der Waals surface area contributed by atoms with E-state index in [-0.39, 0.29) is 0 Å². The van der Waals surface area contributed by atoms with Gasteiger partial charge in [0.15, 0.2) is 0 Å². The topological polar surface area (TPSA) is 3.24 Å². The summed E-state index contributed by atoms with van der Waals surface area (Å²) in [6.07, 6.45) is 7.43. The van der Waals surface area contributed by atoms with Gasteiger partial charge >= 0.3 is 0 Å². The van der Waals surface area contributed by atoms with Gasteiger partial charge in [0, 0.05) is 12.1 Å². The lowest BCUT2D eigenvalue weighted by molar-refractivity contribution is 0.245. The molecule has 3 unspecified atom stereocenters. The molecule has 0 saturated carbocycles. The van der Waals surface area contributed by atoms with Gasteiger partial charge in [0.05, 0.1) is 0 Å². The lowest BCUT2D eigenvalue weighted by Gasteiger charge is -2.28. The summed E-state index contributed by atoms with van der Waals surface area (Å²) in [6.45, 7) is 13.3. The molecule has 0 aromatic heterocycles. The zero-order chi connectivity index (χ0) is 11.4. The highest BCUT2D eigenvalue weighted by Gasteiger charge is 2.37. The van der Waals surface area contributed by atoms with Crippen molar-refractivity contribution in [2.24, 2.45) is 11.8 Å². The Balaban J connectivity index is 2.61. The van der Waals surface area contributed by atoms with Gasteiger partial charge in [-0.05, 0) is 37.8 Å². The number of hydrogen-bond acceptors (Lipinski definition) is 1. The number of unbranched alkanes of at least 4 members (excludes halogenated alkanes) is 1. The monoisotopic (exact) mass is 209 g/mol. The molecule has 3 atom stereocenters. The molecule has 0 bridgehead atoms. The molecule has 15 heavy (non-hydrogen) atoms. The minimum absolute atomic E-state index is 0.685. The predicted molar refractivity (Wildman–Crippen MR) is 67.8 cm³/mol. The van der Waals surface area contributed by atoms with E-state index in [1.807, 2.05) is 0 Å². The van der Waals surface area contributed by atoms with Gasteiger partial charge in [-0.3, -0.25) is 0 Å². The van der Waals surface area contributed by atoms with Gasteiger partial charge in [0.1, 0.15) is 0 Å². The summed E-state index contributed by atoms with van der Waals surface area (Å²) in [5.74, 6) is 1.65. The average Bonchev–Trinajstić information content (AvgIpc) is 2.52. The first kappa shape index (κ1) is 12.6. The van der Waals surface area contributed by atoms with Crippen molar-refractivity contribution in [1.29, 1.82) is 0 Å². The van der Waals surface area contributed by atoms with Crippen LogP contribution < -0.4 is 0 Å². The van der Waals surface area contributed by atoms with Gasteiger partial charge in [0.25, 0.3) is 0 Å². The van der Waals surface area contributed by atoms with Crippen LogP contribution in [0.3, 0.4) is 0 Å². The standard InChI is InChI=1S/C14H27N/c1-6-8-9-13-10-14(11(3)4)12(5)15(13)7-2/h7,11-14H,2,6,8-10H2,1,3-5H3. The van der Waals surface area contributed by atoms with E-state index in [0.717, 1.165) is 17.9 Å². The summed E-state index contributed by atoms with van der Waals surface area (Å²) in [5.41, 5.74) is 0. The Morgan fingerprint density at radius 3 is 2.60 bits per heavy atom. The maximum atomic E-state index is 3.97. The molecule has 1 nitrogen and oxygen atoms in total. The fourth-order valence-corrected chi connectivity index (χ4v) is 3.04. The van der Waals surface area contributed by atoms with E-state index < -0.39 is 0 Å². The summed E-state index contributed by atoms with van der Waals surface area (Å²) >= 11 is 0. The Kier molecular flexibility index (Phi) is 4.69. The summed E-state index contributed by atoms with van der Waals surface area (Å²) in [5, 5.41) is 0. The molecule has 0 amide bonds. The van der Waals surface area contributed by atoms with E-state index in [1.54, 1.807) is 0 Å². The van der Waals surface area contributed by atoms with Crippen molar-refractivity contribution in [3.05, 3.63) is 12.8 Å². The first-order chi connectivity index (χ1) is 7.11. The van der Waals surface area contributed by atoms with Crippen molar-refractivity contribution >= 4 is 0 Å². The van der Waals surface area contributed by atoms with E-state index in [1.165, 1.54) is 25.7 Å². The third kappa shape index (κ3) is 2.76. The van der Waals surface area contributed by atoms with Crippen molar-refractivity contribution in [2.45, 2.75) is 65.5 Å². The SMILES string of the molecule is C=CN1C(CCCC)CC(C(C)C)C1C. The van der Waals surface area contributed by atoms with Crippen molar-refractivity contribution in [3.63, 3.8) is 0 Å². The minimum Gasteiger partial charge on any atom is -0.372 e. The minimum atomic E-state index is 0.685. The quantitative estimate of drug-likeness (QED) is 0.660. The summed E-state index contributed by atoms with van der Waals surface area (Å²) in [4.78, 5) is 2.50. The van der Waals surface area contributed by atoms with Crippen molar-refractivity contribution in [1.82, 2.24) is 4.90 Å². The predicted octanol–water partition coefficient (Wildman–Crippen LogP) is 4.06. The second kappa shape index (κ2) is 5.58. The van der Waals surface area contributed by atoms with E-state index in [9.17, 15) is 0 Å². The Labute approximate surface area is 95.5 Å². The maximum absolute atomic E-state index is 3.97.